The quantitative estimate of drug-likeness (QED) is 0.469. The van der Waals surface area contributed by atoms with E-state index in [1.54, 1.807) is 6.08 Å². The molecule has 0 aliphatic carbocycles. The number of rotatable bonds is 5. The molecule has 0 aromatic heterocycles. The third kappa shape index (κ3) is 7.07. The summed E-state index contributed by atoms with van der Waals surface area (Å²) in [7, 11) is 0. The smallest absolute Gasteiger partial charge is 0.0137 e. The van der Waals surface area contributed by atoms with Crippen LogP contribution in [0, 0.1) is 0 Å². The molecule has 11 heavy (non-hydrogen) atoms. The van der Waals surface area contributed by atoms with Gasteiger partial charge in [0.2, 0.25) is 0 Å². The van der Waals surface area contributed by atoms with Crippen molar-refractivity contribution in [3.05, 3.63) is 36.5 Å². The van der Waals surface area contributed by atoms with E-state index in [-0.39, 0.29) is 0 Å². The number of likely N-dealkylation sites (N-methyl/N-ethyl adjacent to an activating group) is 1. The highest BCUT2D eigenvalue weighted by molar-refractivity contribution is 5.20. The lowest BCUT2D eigenvalue weighted by molar-refractivity contribution is 0.799. The molecule has 1 nitrogen and oxygen atoms in total. The molecular formula is C10H17N. The van der Waals surface area contributed by atoms with Crippen LogP contribution in [0.25, 0.3) is 0 Å². The van der Waals surface area contributed by atoms with Crippen LogP contribution in [0.4, 0.5) is 0 Å². The van der Waals surface area contributed by atoms with Crippen molar-refractivity contribution in [3.63, 3.8) is 0 Å². The standard InChI is InChI=1S/C10H17N/c1-4-7-10(3)8-6-9-11-5-2/h4,6-8,11H,1,5,9H2,2-3H3/b8-6-,10-7-. The second kappa shape index (κ2) is 7.29. The van der Waals surface area contributed by atoms with Crippen molar-refractivity contribution in [2.75, 3.05) is 13.1 Å². The Hall–Kier alpha value is -0.820. The highest BCUT2D eigenvalue weighted by Crippen LogP contribution is 1.93. The summed E-state index contributed by atoms with van der Waals surface area (Å²) in [5.41, 5.74) is 1.23. The third-order valence-corrected chi connectivity index (χ3v) is 1.27. The Balaban J connectivity index is 3.56. The molecule has 0 rings (SSSR count). The topological polar surface area (TPSA) is 12.0 Å². The fraction of sp³-hybridized carbons (Fsp3) is 0.400. The molecule has 62 valence electrons. The minimum Gasteiger partial charge on any atom is -0.314 e. The molecule has 0 aliphatic heterocycles. The Labute approximate surface area is 69.5 Å². The number of nitrogens with one attached hydrogen (secondary N) is 1. The highest BCUT2D eigenvalue weighted by Gasteiger charge is 1.77. The van der Waals surface area contributed by atoms with Crippen molar-refractivity contribution < 1.29 is 0 Å². The average Bonchev–Trinajstić information content (AvgIpc) is 1.99. The summed E-state index contributed by atoms with van der Waals surface area (Å²) >= 11 is 0. The van der Waals surface area contributed by atoms with Gasteiger partial charge < -0.3 is 5.32 Å². The Bertz CT molecular complexity index is 154. The molecule has 0 heterocycles. The zero-order valence-corrected chi connectivity index (χ0v) is 7.43. The van der Waals surface area contributed by atoms with Crippen molar-refractivity contribution >= 4 is 0 Å². The van der Waals surface area contributed by atoms with Crippen LogP contribution in [0.5, 0.6) is 0 Å². The Morgan fingerprint density at radius 3 is 2.82 bits per heavy atom. The van der Waals surface area contributed by atoms with Crippen LogP contribution in [0.3, 0.4) is 0 Å². The molecule has 0 radical (unpaired) electrons. The summed E-state index contributed by atoms with van der Waals surface area (Å²) in [6.07, 6.45) is 7.98. The van der Waals surface area contributed by atoms with E-state index < -0.39 is 0 Å². The van der Waals surface area contributed by atoms with E-state index >= 15 is 0 Å². The first-order valence-electron chi connectivity index (χ1n) is 3.97. The maximum Gasteiger partial charge on any atom is 0.0137 e. The predicted molar refractivity (Wildman–Crippen MR) is 51.6 cm³/mol. The second-order valence-electron chi connectivity index (χ2n) is 2.36. The molecule has 0 unspecified atom stereocenters. The van der Waals surface area contributed by atoms with E-state index in [0.717, 1.165) is 13.1 Å². The number of hydrogen-bond donors (Lipinski definition) is 1. The van der Waals surface area contributed by atoms with Crippen molar-refractivity contribution in [3.8, 4) is 0 Å². The van der Waals surface area contributed by atoms with Gasteiger partial charge in [-0.05, 0) is 13.5 Å². The molecule has 0 aromatic carbocycles. The first kappa shape index (κ1) is 10.2. The molecule has 1 heteroatoms. The van der Waals surface area contributed by atoms with E-state index in [0.29, 0.717) is 0 Å². The second-order valence-corrected chi connectivity index (χ2v) is 2.36. The van der Waals surface area contributed by atoms with Crippen LogP contribution in [0.2, 0.25) is 0 Å². The predicted octanol–water partition coefficient (Wildman–Crippen LogP) is 2.28. The molecule has 0 aromatic rings. The molecular weight excluding hydrogens is 134 g/mol. The summed E-state index contributed by atoms with van der Waals surface area (Å²) in [6.45, 7) is 9.74. The zero-order valence-electron chi connectivity index (χ0n) is 7.43. The van der Waals surface area contributed by atoms with Crippen LogP contribution >= 0.6 is 0 Å². The van der Waals surface area contributed by atoms with E-state index in [1.165, 1.54) is 5.57 Å². The van der Waals surface area contributed by atoms with Gasteiger partial charge in [-0.3, -0.25) is 0 Å². The summed E-state index contributed by atoms with van der Waals surface area (Å²) in [5.74, 6) is 0. The van der Waals surface area contributed by atoms with Gasteiger partial charge in [0.15, 0.2) is 0 Å². The lowest BCUT2D eigenvalue weighted by Gasteiger charge is -1.92. The molecule has 1 N–H and O–H groups in total. The molecule has 0 aliphatic rings. The maximum atomic E-state index is 3.62. The maximum absolute atomic E-state index is 3.62. The van der Waals surface area contributed by atoms with Gasteiger partial charge >= 0.3 is 0 Å². The first-order valence-corrected chi connectivity index (χ1v) is 3.97. The SMILES string of the molecule is C=C/C=C(C)\C=C/CNCC. The zero-order chi connectivity index (χ0) is 8.53. The molecule has 0 spiro atoms. The van der Waals surface area contributed by atoms with Crippen LogP contribution in [-0.4, -0.2) is 13.1 Å². The average molecular weight is 151 g/mol. The Kier molecular flexibility index (Phi) is 6.75. The minimum absolute atomic E-state index is 0.943. The molecule has 0 saturated heterocycles. The van der Waals surface area contributed by atoms with E-state index in [2.05, 4.69) is 37.9 Å². The first-order chi connectivity index (χ1) is 5.31. The lowest BCUT2D eigenvalue weighted by atomic mass is 10.2. The van der Waals surface area contributed by atoms with Crippen molar-refractivity contribution in [1.82, 2.24) is 5.32 Å². The van der Waals surface area contributed by atoms with Crippen molar-refractivity contribution in [1.29, 1.82) is 0 Å². The van der Waals surface area contributed by atoms with E-state index in [9.17, 15) is 0 Å². The van der Waals surface area contributed by atoms with E-state index in [1.807, 2.05) is 6.08 Å². The summed E-state index contributed by atoms with van der Waals surface area (Å²) < 4.78 is 0. The molecule has 0 fully saturated rings. The van der Waals surface area contributed by atoms with Gasteiger partial charge in [-0.25, -0.2) is 0 Å². The van der Waals surface area contributed by atoms with Gasteiger partial charge in [0.05, 0.1) is 0 Å². The third-order valence-electron chi connectivity index (χ3n) is 1.27. The minimum atomic E-state index is 0.943. The van der Waals surface area contributed by atoms with Gasteiger partial charge in [0, 0.05) is 6.54 Å². The van der Waals surface area contributed by atoms with Crippen molar-refractivity contribution in [2.45, 2.75) is 13.8 Å². The molecule has 0 amide bonds. The van der Waals surface area contributed by atoms with Crippen LogP contribution in [-0.2, 0) is 0 Å². The molecule has 0 saturated carbocycles. The van der Waals surface area contributed by atoms with Gasteiger partial charge in [0.1, 0.15) is 0 Å². The van der Waals surface area contributed by atoms with E-state index in [4.69, 9.17) is 0 Å². The summed E-state index contributed by atoms with van der Waals surface area (Å²) in [6, 6.07) is 0. The van der Waals surface area contributed by atoms with Gasteiger partial charge in [0.25, 0.3) is 0 Å². The fourth-order valence-electron chi connectivity index (χ4n) is 0.714. The Morgan fingerprint density at radius 2 is 2.27 bits per heavy atom. The van der Waals surface area contributed by atoms with Crippen molar-refractivity contribution in [2.24, 2.45) is 0 Å². The van der Waals surface area contributed by atoms with Crippen LogP contribution in [0.15, 0.2) is 36.5 Å². The van der Waals surface area contributed by atoms with Crippen LogP contribution < -0.4 is 5.32 Å². The molecule has 0 atom stereocenters. The fourth-order valence-corrected chi connectivity index (χ4v) is 0.714. The normalized spacial score (nSPS) is 12.4. The molecule has 0 bridgehead atoms. The van der Waals surface area contributed by atoms with Crippen LogP contribution in [0.1, 0.15) is 13.8 Å². The highest BCUT2D eigenvalue weighted by atomic mass is 14.8. The monoisotopic (exact) mass is 151 g/mol. The van der Waals surface area contributed by atoms with Gasteiger partial charge in [-0.15, -0.1) is 0 Å². The summed E-state index contributed by atoms with van der Waals surface area (Å²) in [4.78, 5) is 0. The largest absolute Gasteiger partial charge is 0.314 e. The summed E-state index contributed by atoms with van der Waals surface area (Å²) in [5, 5.41) is 3.21. The number of hydrogen-bond acceptors (Lipinski definition) is 1. The Morgan fingerprint density at radius 1 is 1.55 bits per heavy atom. The lowest BCUT2D eigenvalue weighted by Crippen LogP contribution is -2.11. The van der Waals surface area contributed by atoms with Gasteiger partial charge in [-0.2, -0.15) is 0 Å². The van der Waals surface area contributed by atoms with Gasteiger partial charge in [-0.1, -0.05) is 43.4 Å². The number of allylic oxidation sites excluding steroid dienone is 4.